The van der Waals surface area contributed by atoms with Crippen LogP contribution in [0.15, 0.2) is 52.9 Å². The number of ketones is 1. The van der Waals surface area contributed by atoms with Gasteiger partial charge in [-0.05, 0) is 37.3 Å². The number of para-hydroxylation sites is 1. The van der Waals surface area contributed by atoms with Gasteiger partial charge in [0, 0.05) is 18.0 Å². The summed E-state index contributed by atoms with van der Waals surface area (Å²) in [6.07, 6.45) is -0.528. The summed E-state index contributed by atoms with van der Waals surface area (Å²) < 4.78 is 11.2. The van der Waals surface area contributed by atoms with Crippen molar-refractivity contribution in [1.82, 2.24) is 0 Å². The molecule has 1 aliphatic heterocycles. The number of amides is 1. The molecule has 5 nitrogen and oxygen atoms in total. The number of carbonyl (C=O) groups excluding carboxylic acids is 2. The second kappa shape index (κ2) is 5.23. The molecule has 3 aromatic rings. The molecule has 0 bridgehead atoms. The Morgan fingerprint density at radius 3 is 2.71 bits per heavy atom. The molecule has 0 saturated carbocycles. The van der Waals surface area contributed by atoms with Crippen LogP contribution in [0.3, 0.4) is 0 Å². The number of benzene rings is 2. The average molecular weight is 321 g/mol. The maximum absolute atomic E-state index is 12.7. The molecule has 0 spiro atoms. The minimum Gasteiger partial charge on any atom is -0.479 e. The molecule has 0 radical (unpaired) electrons. The number of rotatable bonds is 2. The van der Waals surface area contributed by atoms with Gasteiger partial charge >= 0.3 is 0 Å². The predicted octanol–water partition coefficient (Wildman–Crippen LogP) is 3.41. The molecule has 1 amide bonds. The van der Waals surface area contributed by atoms with Gasteiger partial charge in [-0.3, -0.25) is 9.59 Å². The summed E-state index contributed by atoms with van der Waals surface area (Å²) in [7, 11) is 1.68. The van der Waals surface area contributed by atoms with Gasteiger partial charge in [-0.15, -0.1) is 0 Å². The molecule has 1 aliphatic rings. The van der Waals surface area contributed by atoms with Gasteiger partial charge in [0.2, 0.25) is 5.78 Å². The zero-order chi connectivity index (χ0) is 16.8. The third-order valence-corrected chi connectivity index (χ3v) is 4.21. The molecule has 0 aliphatic carbocycles. The van der Waals surface area contributed by atoms with Crippen molar-refractivity contribution in [3.63, 3.8) is 0 Å². The second-order valence-electron chi connectivity index (χ2n) is 5.82. The van der Waals surface area contributed by atoms with Crippen molar-refractivity contribution >= 4 is 28.3 Å². The van der Waals surface area contributed by atoms with E-state index in [0.29, 0.717) is 22.6 Å². The molecule has 24 heavy (non-hydrogen) atoms. The number of carbonyl (C=O) groups is 2. The third-order valence-electron chi connectivity index (χ3n) is 4.21. The van der Waals surface area contributed by atoms with Crippen LogP contribution in [0.25, 0.3) is 11.0 Å². The van der Waals surface area contributed by atoms with E-state index in [0.717, 1.165) is 5.39 Å². The number of fused-ring (bicyclic) bond motifs is 2. The van der Waals surface area contributed by atoms with Gasteiger partial charge in [0.05, 0.1) is 5.69 Å². The van der Waals surface area contributed by atoms with Crippen molar-refractivity contribution in [2.75, 3.05) is 11.9 Å². The zero-order valence-electron chi connectivity index (χ0n) is 13.3. The van der Waals surface area contributed by atoms with Crippen molar-refractivity contribution < 1.29 is 18.7 Å². The molecule has 120 valence electrons. The smallest absolute Gasteiger partial charge is 0.267 e. The topological polar surface area (TPSA) is 59.8 Å². The summed E-state index contributed by atoms with van der Waals surface area (Å²) in [6.45, 7) is 1.70. The van der Waals surface area contributed by atoms with E-state index in [1.165, 1.54) is 4.90 Å². The molecule has 0 N–H and O–H groups in total. The van der Waals surface area contributed by atoms with E-state index in [-0.39, 0.29) is 17.5 Å². The first-order chi connectivity index (χ1) is 11.5. The fourth-order valence-electron chi connectivity index (χ4n) is 2.89. The normalized spacial score (nSPS) is 16.8. The quantitative estimate of drug-likeness (QED) is 0.679. The second-order valence-corrected chi connectivity index (χ2v) is 5.82. The van der Waals surface area contributed by atoms with Crippen LogP contribution in [0.2, 0.25) is 0 Å². The van der Waals surface area contributed by atoms with Crippen molar-refractivity contribution in [3.8, 4) is 5.75 Å². The maximum atomic E-state index is 12.7. The molecule has 0 saturated heterocycles. The number of likely N-dealkylation sites (N-methyl/N-ethyl adjacent to an activating group) is 1. The molecule has 1 aromatic heterocycles. The Kier molecular flexibility index (Phi) is 3.16. The number of hydrogen-bond acceptors (Lipinski definition) is 4. The number of nitrogens with zero attached hydrogens (tertiary/aromatic N) is 1. The maximum Gasteiger partial charge on any atom is 0.267 e. The minimum absolute atomic E-state index is 0.143. The zero-order valence-corrected chi connectivity index (χ0v) is 13.3. The Morgan fingerprint density at radius 2 is 1.92 bits per heavy atom. The molecule has 2 aromatic carbocycles. The molecule has 2 heterocycles. The molecule has 5 heteroatoms. The van der Waals surface area contributed by atoms with E-state index in [9.17, 15) is 9.59 Å². The lowest BCUT2D eigenvalue weighted by Gasteiger charge is -2.30. The molecule has 1 atom stereocenters. The van der Waals surface area contributed by atoms with E-state index in [2.05, 4.69) is 0 Å². The van der Waals surface area contributed by atoms with E-state index in [1.807, 2.05) is 24.3 Å². The monoisotopic (exact) mass is 321 g/mol. The van der Waals surface area contributed by atoms with Crippen LogP contribution < -0.4 is 9.64 Å². The highest BCUT2D eigenvalue weighted by molar-refractivity contribution is 6.10. The Labute approximate surface area is 138 Å². The highest BCUT2D eigenvalue weighted by Crippen LogP contribution is 2.34. The van der Waals surface area contributed by atoms with Gasteiger partial charge in [-0.2, -0.15) is 0 Å². The summed E-state index contributed by atoms with van der Waals surface area (Å²) in [4.78, 5) is 26.3. The van der Waals surface area contributed by atoms with Gasteiger partial charge < -0.3 is 14.1 Å². The predicted molar refractivity (Wildman–Crippen MR) is 89.6 cm³/mol. The lowest BCUT2D eigenvalue weighted by atomic mass is 10.1. The Morgan fingerprint density at radius 1 is 1.12 bits per heavy atom. The van der Waals surface area contributed by atoms with Crippen molar-refractivity contribution in [1.29, 1.82) is 0 Å². The Hall–Kier alpha value is -3.08. The molecule has 1 unspecified atom stereocenters. The highest BCUT2D eigenvalue weighted by atomic mass is 16.5. The van der Waals surface area contributed by atoms with Crippen LogP contribution in [-0.2, 0) is 4.79 Å². The first-order valence-corrected chi connectivity index (χ1v) is 7.66. The Balaban J connectivity index is 1.74. The number of hydrogen-bond donors (Lipinski definition) is 0. The summed E-state index contributed by atoms with van der Waals surface area (Å²) >= 11 is 0. The standard InChI is InChI=1S/C19H15NO4/c1-11-19(22)20(2)14-9-13(7-8-16(14)23-11)18(21)17-10-12-5-3-4-6-15(12)24-17/h3-11H,1-2H3. The largest absolute Gasteiger partial charge is 0.479 e. The SMILES string of the molecule is CC1Oc2ccc(C(=O)c3cc4ccccc4o3)cc2N(C)C1=O. The van der Waals surface area contributed by atoms with E-state index < -0.39 is 6.10 Å². The van der Waals surface area contributed by atoms with E-state index in [1.54, 1.807) is 38.2 Å². The highest BCUT2D eigenvalue weighted by Gasteiger charge is 2.29. The van der Waals surface area contributed by atoms with Crippen LogP contribution >= 0.6 is 0 Å². The fourth-order valence-corrected chi connectivity index (χ4v) is 2.89. The minimum atomic E-state index is -0.528. The molecule has 4 rings (SSSR count). The number of furan rings is 1. The first kappa shape index (κ1) is 14.5. The molecular formula is C19H15NO4. The van der Waals surface area contributed by atoms with Crippen molar-refractivity contribution in [3.05, 3.63) is 59.9 Å². The van der Waals surface area contributed by atoms with Gasteiger partial charge in [0.15, 0.2) is 11.9 Å². The van der Waals surface area contributed by atoms with Crippen molar-refractivity contribution in [2.24, 2.45) is 0 Å². The van der Waals surface area contributed by atoms with Crippen molar-refractivity contribution in [2.45, 2.75) is 13.0 Å². The van der Waals surface area contributed by atoms with Crippen LogP contribution in [0, 0.1) is 0 Å². The third kappa shape index (κ3) is 2.17. The molecule has 0 fully saturated rings. The van der Waals surface area contributed by atoms with Crippen LogP contribution in [-0.4, -0.2) is 24.8 Å². The van der Waals surface area contributed by atoms with Crippen LogP contribution in [0.4, 0.5) is 5.69 Å². The summed E-state index contributed by atoms with van der Waals surface area (Å²) in [6, 6.07) is 14.3. The first-order valence-electron chi connectivity index (χ1n) is 7.66. The summed E-state index contributed by atoms with van der Waals surface area (Å²) in [5, 5.41) is 0.878. The van der Waals surface area contributed by atoms with Crippen LogP contribution in [0.1, 0.15) is 23.0 Å². The summed E-state index contributed by atoms with van der Waals surface area (Å²) in [5.74, 6) is 0.491. The Bertz CT molecular complexity index is 939. The van der Waals surface area contributed by atoms with Gasteiger partial charge in [-0.25, -0.2) is 0 Å². The van der Waals surface area contributed by atoms with Crippen LogP contribution in [0.5, 0.6) is 5.75 Å². The van der Waals surface area contributed by atoms with E-state index >= 15 is 0 Å². The van der Waals surface area contributed by atoms with E-state index in [4.69, 9.17) is 9.15 Å². The van der Waals surface area contributed by atoms with Gasteiger partial charge in [0.25, 0.3) is 5.91 Å². The fraction of sp³-hybridized carbons (Fsp3) is 0.158. The average Bonchev–Trinajstić information content (AvgIpc) is 3.03. The number of ether oxygens (including phenoxy) is 1. The van der Waals surface area contributed by atoms with Gasteiger partial charge in [0.1, 0.15) is 11.3 Å². The van der Waals surface area contributed by atoms with Gasteiger partial charge in [-0.1, -0.05) is 18.2 Å². The lowest BCUT2D eigenvalue weighted by Crippen LogP contribution is -2.42. The lowest BCUT2D eigenvalue weighted by molar-refractivity contribution is -0.125. The number of anilines is 1. The molecular weight excluding hydrogens is 306 g/mol. The summed E-state index contributed by atoms with van der Waals surface area (Å²) in [5.41, 5.74) is 1.70.